The average molecular weight is 724 g/mol. The van der Waals surface area contributed by atoms with Gasteiger partial charge in [0, 0.05) is 25.0 Å². The van der Waals surface area contributed by atoms with Crippen LogP contribution >= 0.6 is 0 Å². The quantitative estimate of drug-likeness (QED) is 0.0539. The predicted molar refractivity (Wildman–Crippen MR) is 208 cm³/mol. The SMILES string of the molecule is CCOC(=O)/C=C/[C@H](CCC(=O)NC(c1ccccc1)(c1ccccc1)c1ccccc1)NC(=O)[C@H](Cc1ccccc1)NC(=O)OCc1ccccc1. The van der Waals surface area contributed by atoms with E-state index < -0.39 is 35.6 Å². The normalized spacial score (nSPS) is 12.2. The number of ether oxygens (including phenoxy) is 2. The van der Waals surface area contributed by atoms with Crippen LogP contribution in [0.2, 0.25) is 0 Å². The molecular formula is C45H45N3O6. The summed E-state index contributed by atoms with van der Waals surface area (Å²) in [5, 5.41) is 8.99. The van der Waals surface area contributed by atoms with Crippen molar-refractivity contribution >= 4 is 23.9 Å². The van der Waals surface area contributed by atoms with Crippen LogP contribution < -0.4 is 16.0 Å². The van der Waals surface area contributed by atoms with Crippen molar-refractivity contribution in [1.29, 1.82) is 0 Å². The maximum atomic E-state index is 14.1. The van der Waals surface area contributed by atoms with Crippen LogP contribution in [-0.2, 0) is 42.4 Å². The number of carbonyl (C=O) groups excluding carboxylic acids is 4. The molecule has 9 heteroatoms. The third-order valence-corrected chi connectivity index (χ3v) is 8.81. The Labute approximate surface area is 316 Å². The summed E-state index contributed by atoms with van der Waals surface area (Å²) in [6, 6.07) is 46.0. The molecular weight excluding hydrogens is 679 g/mol. The van der Waals surface area contributed by atoms with E-state index in [1.807, 2.05) is 152 Å². The molecule has 54 heavy (non-hydrogen) atoms. The van der Waals surface area contributed by atoms with Crippen LogP contribution in [0.1, 0.15) is 47.6 Å². The van der Waals surface area contributed by atoms with Crippen molar-refractivity contribution < 1.29 is 28.7 Å². The molecule has 0 aromatic heterocycles. The zero-order valence-corrected chi connectivity index (χ0v) is 30.2. The number of hydrogen-bond acceptors (Lipinski definition) is 6. The van der Waals surface area contributed by atoms with Gasteiger partial charge in [-0.2, -0.15) is 0 Å². The van der Waals surface area contributed by atoms with Crippen molar-refractivity contribution in [1.82, 2.24) is 16.0 Å². The van der Waals surface area contributed by atoms with Gasteiger partial charge in [-0.25, -0.2) is 9.59 Å². The Balaban J connectivity index is 1.37. The molecule has 3 amide bonds. The van der Waals surface area contributed by atoms with E-state index in [0.29, 0.717) is 0 Å². The smallest absolute Gasteiger partial charge is 0.408 e. The van der Waals surface area contributed by atoms with Gasteiger partial charge in [-0.3, -0.25) is 9.59 Å². The van der Waals surface area contributed by atoms with Crippen LogP contribution in [0.3, 0.4) is 0 Å². The zero-order chi connectivity index (χ0) is 38.0. The Bertz CT molecular complexity index is 1860. The Morgan fingerprint density at radius 1 is 0.630 bits per heavy atom. The lowest BCUT2D eigenvalue weighted by Gasteiger charge is -2.37. The Morgan fingerprint density at radius 3 is 1.61 bits per heavy atom. The number of alkyl carbamates (subject to hydrolysis) is 1. The van der Waals surface area contributed by atoms with Gasteiger partial charge < -0.3 is 25.4 Å². The van der Waals surface area contributed by atoms with Crippen LogP contribution in [0.4, 0.5) is 4.79 Å². The van der Waals surface area contributed by atoms with Crippen molar-refractivity contribution in [2.45, 2.75) is 50.4 Å². The van der Waals surface area contributed by atoms with Gasteiger partial charge in [0.25, 0.3) is 0 Å². The van der Waals surface area contributed by atoms with E-state index in [9.17, 15) is 19.2 Å². The van der Waals surface area contributed by atoms with E-state index in [4.69, 9.17) is 9.47 Å². The van der Waals surface area contributed by atoms with E-state index in [2.05, 4.69) is 16.0 Å². The summed E-state index contributed by atoms with van der Waals surface area (Å²) in [6.45, 7) is 1.91. The van der Waals surface area contributed by atoms with E-state index in [0.717, 1.165) is 27.8 Å². The number of carbonyl (C=O) groups is 4. The number of amides is 3. The molecule has 5 aromatic rings. The van der Waals surface area contributed by atoms with Gasteiger partial charge in [0.2, 0.25) is 11.8 Å². The molecule has 9 nitrogen and oxygen atoms in total. The summed E-state index contributed by atoms with van der Waals surface area (Å²) in [7, 11) is 0. The lowest BCUT2D eigenvalue weighted by molar-refractivity contribution is -0.137. The monoisotopic (exact) mass is 723 g/mol. The number of nitrogens with one attached hydrogen (secondary N) is 3. The molecule has 0 fully saturated rings. The lowest BCUT2D eigenvalue weighted by Crippen LogP contribution is -2.51. The fourth-order valence-corrected chi connectivity index (χ4v) is 6.19. The highest BCUT2D eigenvalue weighted by atomic mass is 16.5. The molecule has 0 radical (unpaired) electrons. The maximum absolute atomic E-state index is 14.1. The van der Waals surface area contributed by atoms with Gasteiger partial charge in [-0.1, -0.05) is 158 Å². The second-order valence-corrected chi connectivity index (χ2v) is 12.6. The first-order valence-corrected chi connectivity index (χ1v) is 18.0. The summed E-state index contributed by atoms with van der Waals surface area (Å²) < 4.78 is 10.5. The van der Waals surface area contributed by atoms with Crippen LogP contribution in [0, 0.1) is 0 Å². The average Bonchev–Trinajstić information content (AvgIpc) is 3.21. The Kier molecular flexibility index (Phi) is 14.3. The predicted octanol–water partition coefficient (Wildman–Crippen LogP) is 7.02. The highest BCUT2D eigenvalue weighted by molar-refractivity contribution is 5.87. The molecule has 0 saturated carbocycles. The van der Waals surface area contributed by atoms with E-state index in [1.165, 1.54) is 12.2 Å². The molecule has 3 N–H and O–H groups in total. The minimum atomic E-state index is -1.02. The number of hydrogen-bond donors (Lipinski definition) is 3. The Hall–Kier alpha value is -6.48. The minimum Gasteiger partial charge on any atom is -0.463 e. The van der Waals surface area contributed by atoms with Crippen molar-refractivity contribution in [3.8, 4) is 0 Å². The minimum absolute atomic E-state index is 0.0116. The second kappa shape index (κ2) is 19.9. The molecule has 5 aromatic carbocycles. The highest BCUT2D eigenvalue weighted by Gasteiger charge is 2.38. The molecule has 0 unspecified atom stereocenters. The maximum Gasteiger partial charge on any atom is 0.408 e. The molecule has 276 valence electrons. The molecule has 0 aliphatic rings. The topological polar surface area (TPSA) is 123 Å². The molecule has 0 bridgehead atoms. The molecule has 0 aliphatic carbocycles. The first-order valence-electron chi connectivity index (χ1n) is 18.0. The van der Waals surface area contributed by atoms with Gasteiger partial charge in [-0.05, 0) is 41.2 Å². The van der Waals surface area contributed by atoms with Crippen molar-refractivity contribution in [3.63, 3.8) is 0 Å². The van der Waals surface area contributed by atoms with E-state index >= 15 is 0 Å². The summed E-state index contributed by atoms with van der Waals surface area (Å²) >= 11 is 0. The zero-order valence-electron chi connectivity index (χ0n) is 30.2. The Morgan fingerprint density at radius 2 is 1.11 bits per heavy atom. The fourth-order valence-electron chi connectivity index (χ4n) is 6.19. The van der Waals surface area contributed by atoms with Crippen molar-refractivity contribution in [2.24, 2.45) is 0 Å². The summed E-state index contributed by atoms with van der Waals surface area (Å²) in [4.78, 5) is 53.4. The highest BCUT2D eigenvalue weighted by Crippen LogP contribution is 2.37. The molecule has 0 heterocycles. The van der Waals surface area contributed by atoms with Crippen LogP contribution in [0.15, 0.2) is 164 Å². The summed E-state index contributed by atoms with van der Waals surface area (Å²) in [5.74, 6) is -1.37. The van der Waals surface area contributed by atoms with Gasteiger partial charge in [0.15, 0.2) is 0 Å². The molecule has 0 saturated heterocycles. The fraction of sp³-hybridized carbons (Fsp3) is 0.200. The number of rotatable bonds is 17. The lowest BCUT2D eigenvalue weighted by atomic mass is 9.77. The number of benzene rings is 5. The molecule has 0 spiro atoms. The third-order valence-electron chi connectivity index (χ3n) is 8.81. The second-order valence-electron chi connectivity index (χ2n) is 12.6. The first kappa shape index (κ1) is 38.7. The van der Waals surface area contributed by atoms with E-state index in [-0.39, 0.29) is 38.4 Å². The largest absolute Gasteiger partial charge is 0.463 e. The van der Waals surface area contributed by atoms with Gasteiger partial charge >= 0.3 is 12.1 Å². The number of esters is 1. The third kappa shape index (κ3) is 11.0. The van der Waals surface area contributed by atoms with Gasteiger partial charge in [0.1, 0.15) is 18.2 Å². The molecule has 2 atom stereocenters. The first-order chi connectivity index (χ1) is 26.4. The van der Waals surface area contributed by atoms with Crippen LogP contribution in [0.25, 0.3) is 0 Å². The summed E-state index contributed by atoms with van der Waals surface area (Å²) in [6.07, 6.45) is 2.29. The van der Waals surface area contributed by atoms with Gasteiger partial charge in [0.05, 0.1) is 6.61 Å². The molecule has 0 aliphatic heterocycles. The van der Waals surface area contributed by atoms with Gasteiger partial charge in [-0.15, -0.1) is 0 Å². The van der Waals surface area contributed by atoms with Crippen LogP contribution in [-0.4, -0.2) is 42.6 Å². The van der Waals surface area contributed by atoms with E-state index in [1.54, 1.807) is 6.92 Å². The van der Waals surface area contributed by atoms with Crippen molar-refractivity contribution in [3.05, 3.63) is 192 Å². The standard InChI is InChI=1S/C45H45N3O6/c1-2-53-42(50)31-29-39(46-43(51)40(32-34-18-8-3-9-19-34)47-44(52)54-33-35-20-10-4-11-21-35)28-30-41(49)48-45(36-22-12-5-13-23-36,37-24-14-6-15-25-37)38-26-16-7-17-27-38/h3-27,29,31,39-40H,2,28,30,32-33H2,1H3,(H,46,51)(H,47,52)(H,48,49)/b31-29+/t39-,40-/m0/s1. The van der Waals surface area contributed by atoms with Crippen LogP contribution in [0.5, 0.6) is 0 Å². The van der Waals surface area contributed by atoms with Crippen molar-refractivity contribution in [2.75, 3.05) is 6.61 Å². The summed E-state index contributed by atoms with van der Waals surface area (Å²) in [5.41, 5.74) is 3.21. The molecule has 5 rings (SSSR count).